The van der Waals surface area contributed by atoms with Crippen LogP contribution in [0, 0.1) is 5.82 Å². The first-order valence-corrected chi connectivity index (χ1v) is 9.04. The number of anilines is 1. The first-order chi connectivity index (χ1) is 13.0. The van der Waals surface area contributed by atoms with Gasteiger partial charge in [-0.1, -0.05) is 19.9 Å². The van der Waals surface area contributed by atoms with Crippen molar-refractivity contribution in [1.29, 1.82) is 0 Å². The SMILES string of the molecule is CCN(CC)CCc1ccc2[nH]c(=O)n(C(=O)Nc3ccc(F)cc3)c2c1. The fraction of sp³-hybridized carbons (Fsp3) is 0.300. The number of aromatic amines is 1. The highest BCUT2D eigenvalue weighted by atomic mass is 19.1. The maximum atomic E-state index is 13.0. The van der Waals surface area contributed by atoms with Crippen LogP contribution >= 0.6 is 0 Å². The average molecular weight is 370 g/mol. The molecule has 142 valence electrons. The van der Waals surface area contributed by atoms with Gasteiger partial charge in [-0.15, -0.1) is 0 Å². The number of amides is 1. The van der Waals surface area contributed by atoms with E-state index in [-0.39, 0.29) is 0 Å². The van der Waals surface area contributed by atoms with Gasteiger partial charge < -0.3 is 15.2 Å². The number of aromatic nitrogens is 2. The zero-order valence-electron chi connectivity index (χ0n) is 15.5. The number of likely N-dealkylation sites (N-methyl/N-ethyl adjacent to an activating group) is 1. The Kier molecular flexibility index (Phi) is 5.71. The Morgan fingerprint density at radius 3 is 2.52 bits per heavy atom. The zero-order valence-corrected chi connectivity index (χ0v) is 15.5. The van der Waals surface area contributed by atoms with Gasteiger partial charge >= 0.3 is 11.7 Å². The van der Waals surface area contributed by atoms with E-state index < -0.39 is 17.5 Å². The molecule has 0 aliphatic heterocycles. The van der Waals surface area contributed by atoms with Crippen molar-refractivity contribution in [3.05, 3.63) is 64.3 Å². The Hall–Kier alpha value is -2.93. The molecule has 0 saturated carbocycles. The number of imidazole rings is 1. The highest BCUT2D eigenvalue weighted by Gasteiger charge is 2.15. The highest BCUT2D eigenvalue weighted by molar-refractivity contribution is 5.97. The van der Waals surface area contributed by atoms with E-state index in [2.05, 4.69) is 29.0 Å². The lowest BCUT2D eigenvalue weighted by atomic mass is 10.1. The summed E-state index contributed by atoms with van der Waals surface area (Å²) in [7, 11) is 0. The number of hydrogen-bond donors (Lipinski definition) is 2. The van der Waals surface area contributed by atoms with Gasteiger partial charge in [-0.05, 0) is 61.5 Å². The van der Waals surface area contributed by atoms with E-state index in [1.54, 1.807) is 0 Å². The Balaban J connectivity index is 1.86. The van der Waals surface area contributed by atoms with Gasteiger partial charge in [-0.25, -0.2) is 18.5 Å². The van der Waals surface area contributed by atoms with Crippen LogP contribution in [-0.2, 0) is 6.42 Å². The summed E-state index contributed by atoms with van der Waals surface area (Å²) in [6.07, 6.45) is 0.830. The molecule has 0 spiro atoms. The van der Waals surface area contributed by atoms with Crippen LogP contribution in [0.5, 0.6) is 0 Å². The molecule has 0 aliphatic carbocycles. The van der Waals surface area contributed by atoms with Gasteiger partial charge in [0.25, 0.3) is 0 Å². The maximum absolute atomic E-state index is 13.0. The second kappa shape index (κ2) is 8.18. The summed E-state index contributed by atoms with van der Waals surface area (Å²) in [6.45, 7) is 7.11. The van der Waals surface area contributed by atoms with Crippen LogP contribution in [0.3, 0.4) is 0 Å². The topological polar surface area (TPSA) is 70.1 Å². The molecule has 1 heterocycles. The number of hydrogen-bond acceptors (Lipinski definition) is 3. The predicted molar refractivity (Wildman–Crippen MR) is 105 cm³/mol. The number of nitrogens with zero attached hydrogens (tertiary/aromatic N) is 2. The second-order valence-corrected chi connectivity index (χ2v) is 6.33. The Bertz CT molecular complexity index is 987. The molecule has 6 nitrogen and oxygen atoms in total. The van der Waals surface area contributed by atoms with E-state index in [0.717, 1.165) is 36.2 Å². The molecule has 2 N–H and O–H groups in total. The van der Waals surface area contributed by atoms with Gasteiger partial charge in [-0.2, -0.15) is 0 Å². The molecule has 2 aromatic carbocycles. The van der Waals surface area contributed by atoms with Crippen LogP contribution in [0.25, 0.3) is 11.0 Å². The Morgan fingerprint density at radius 2 is 1.85 bits per heavy atom. The summed E-state index contributed by atoms with van der Waals surface area (Å²) in [6, 6.07) is 10.4. The highest BCUT2D eigenvalue weighted by Crippen LogP contribution is 2.15. The van der Waals surface area contributed by atoms with E-state index in [1.165, 1.54) is 24.3 Å². The van der Waals surface area contributed by atoms with Crippen molar-refractivity contribution >= 4 is 22.8 Å². The summed E-state index contributed by atoms with van der Waals surface area (Å²) < 4.78 is 14.1. The summed E-state index contributed by atoms with van der Waals surface area (Å²) in [5.41, 5.74) is 2.08. The molecular weight excluding hydrogens is 347 g/mol. The van der Waals surface area contributed by atoms with Gasteiger partial charge in [0.1, 0.15) is 5.82 Å². The molecule has 3 rings (SSSR count). The molecule has 0 fully saturated rings. The summed E-state index contributed by atoms with van der Waals surface area (Å²) >= 11 is 0. The number of benzene rings is 2. The summed E-state index contributed by atoms with van der Waals surface area (Å²) in [4.78, 5) is 29.9. The molecule has 0 unspecified atom stereocenters. The van der Waals surface area contributed by atoms with Crippen LogP contribution in [0.1, 0.15) is 19.4 Å². The third kappa shape index (κ3) is 4.25. The molecule has 1 aromatic heterocycles. The molecule has 0 saturated heterocycles. The largest absolute Gasteiger partial charge is 0.334 e. The normalized spacial score (nSPS) is 11.3. The number of fused-ring (bicyclic) bond motifs is 1. The lowest BCUT2D eigenvalue weighted by molar-refractivity contribution is 0.253. The van der Waals surface area contributed by atoms with Gasteiger partial charge in [-0.3, -0.25) is 0 Å². The number of nitrogens with one attached hydrogen (secondary N) is 2. The van der Waals surface area contributed by atoms with Crippen molar-refractivity contribution in [2.45, 2.75) is 20.3 Å². The maximum Gasteiger partial charge on any atom is 0.334 e. The fourth-order valence-corrected chi connectivity index (χ4v) is 3.05. The van der Waals surface area contributed by atoms with Crippen LogP contribution in [-0.4, -0.2) is 40.1 Å². The van der Waals surface area contributed by atoms with Crippen LogP contribution in [0.2, 0.25) is 0 Å². The Morgan fingerprint density at radius 1 is 1.15 bits per heavy atom. The van der Waals surface area contributed by atoms with Crippen molar-refractivity contribution in [1.82, 2.24) is 14.5 Å². The van der Waals surface area contributed by atoms with Crippen molar-refractivity contribution in [2.75, 3.05) is 25.0 Å². The lowest BCUT2D eigenvalue weighted by Crippen LogP contribution is -2.29. The van der Waals surface area contributed by atoms with E-state index >= 15 is 0 Å². The van der Waals surface area contributed by atoms with Gasteiger partial charge in [0.05, 0.1) is 11.0 Å². The van der Waals surface area contributed by atoms with Crippen molar-refractivity contribution < 1.29 is 9.18 Å². The molecule has 7 heteroatoms. The first-order valence-electron chi connectivity index (χ1n) is 9.04. The van der Waals surface area contributed by atoms with E-state index in [1.807, 2.05) is 18.2 Å². The Labute approximate surface area is 156 Å². The molecule has 0 bridgehead atoms. The molecule has 3 aromatic rings. The minimum Gasteiger partial charge on any atom is -0.307 e. The van der Waals surface area contributed by atoms with Gasteiger partial charge in [0.2, 0.25) is 0 Å². The number of halogens is 1. The van der Waals surface area contributed by atoms with E-state index in [0.29, 0.717) is 16.7 Å². The quantitative estimate of drug-likeness (QED) is 0.698. The molecule has 1 amide bonds. The third-order valence-electron chi connectivity index (χ3n) is 4.66. The monoisotopic (exact) mass is 370 g/mol. The van der Waals surface area contributed by atoms with Crippen LogP contribution < -0.4 is 11.0 Å². The van der Waals surface area contributed by atoms with Gasteiger partial charge in [0.15, 0.2) is 0 Å². The number of carbonyl (C=O) groups is 1. The first kappa shape index (κ1) is 18.8. The molecule has 0 aliphatic rings. The minimum absolute atomic E-state index is 0.393. The van der Waals surface area contributed by atoms with E-state index in [4.69, 9.17) is 0 Å². The van der Waals surface area contributed by atoms with Crippen molar-refractivity contribution in [3.63, 3.8) is 0 Å². The lowest BCUT2D eigenvalue weighted by Gasteiger charge is -2.17. The number of H-pyrrole nitrogens is 1. The van der Waals surface area contributed by atoms with Crippen LogP contribution in [0.15, 0.2) is 47.3 Å². The summed E-state index contributed by atoms with van der Waals surface area (Å²) in [5, 5.41) is 2.62. The number of rotatable bonds is 6. The smallest absolute Gasteiger partial charge is 0.307 e. The van der Waals surface area contributed by atoms with Crippen molar-refractivity contribution in [3.8, 4) is 0 Å². The predicted octanol–water partition coefficient (Wildman–Crippen LogP) is 3.43. The average Bonchev–Trinajstić information content (AvgIpc) is 2.99. The zero-order chi connectivity index (χ0) is 19.4. The van der Waals surface area contributed by atoms with Gasteiger partial charge in [0, 0.05) is 12.2 Å². The molecular formula is C20H23FN4O2. The van der Waals surface area contributed by atoms with Crippen LogP contribution in [0.4, 0.5) is 14.9 Å². The third-order valence-corrected chi connectivity index (χ3v) is 4.66. The number of carbonyl (C=O) groups excluding carboxylic acids is 1. The molecule has 0 atom stereocenters. The second-order valence-electron chi connectivity index (χ2n) is 6.33. The fourth-order valence-electron chi connectivity index (χ4n) is 3.05. The van der Waals surface area contributed by atoms with Crippen molar-refractivity contribution in [2.24, 2.45) is 0 Å². The summed E-state index contributed by atoms with van der Waals surface area (Å²) in [5.74, 6) is -0.393. The molecule has 0 radical (unpaired) electrons. The molecule has 27 heavy (non-hydrogen) atoms. The van der Waals surface area contributed by atoms with E-state index in [9.17, 15) is 14.0 Å². The standard InChI is InChI=1S/C20H23FN4O2/c1-3-24(4-2)12-11-14-5-10-17-18(13-14)25(20(27)23-17)19(26)22-16-8-6-15(21)7-9-16/h5-10,13H,3-4,11-12H2,1-2H3,(H,22,26)(H,23,27). The minimum atomic E-state index is -0.584.